The van der Waals surface area contributed by atoms with Crippen molar-refractivity contribution < 1.29 is 4.79 Å². The van der Waals surface area contributed by atoms with E-state index in [0.717, 1.165) is 17.4 Å². The van der Waals surface area contributed by atoms with Crippen LogP contribution in [-0.2, 0) is 10.8 Å². The third-order valence-electron chi connectivity index (χ3n) is 3.80. The van der Waals surface area contributed by atoms with Crippen molar-refractivity contribution in [3.05, 3.63) is 47.0 Å². The number of hydrogen-bond acceptors (Lipinski definition) is 1. The van der Waals surface area contributed by atoms with Gasteiger partial charge in [-0.2, -0.15) is 0 Å². The minimum Gasteiger partial charge on any atom is -0.298 e. The predicted molar refractivity (Wildman–Crippen MR) is 86.7 cm³/mol. The summed E-state index contributed by atoms with van der Waals surface area (Å²) in [5, 5.41) is 2.41. The Labute approximate surface area is 122 Å². The highest BCUT2D eigenvalue weighted by molar-refractivity contribution is 5.94. The van der Waals surface area contributed by atoms with Crippen molar-refractivity contribution in [1.82, 2.24) is 0 Å². The second-order valence-electron chi connectivity index (χ2n) is 7.58. The maximum atomic E-state index is 11.4. The largest absolute Gasteiger partial charge is 0.298 e. The van der Waals surface area contributed by atoms with Crippen LogP contribution < -0.4 is 0 Å². The van der Waals surface area contributed by atoms with Crippen molar-refractivity contribution in [2.24, 2.45) is 0 Å². The smallest absolute Gasteiger partial charge is 0.150 e. The molecule has 1 heteroatoms. The minimum atomic E-state index is -0.0493. The summed E-state index contributed by atoms with van der Waals surface area (Å²) in [7, 11) is 0. The maximum Gasteiger partial charge on any atom is 0.150 e. The van der Waals surface area contributed by atoms with Gasteiger partial charge < -0.3 is 0 Å². The van der Waals surface area contributed by atoms with Crippen LogP contribution in [-0.4, -0.2) is 6.29 Å². The van der Waals surface area contributed by atoms with Gasteiger partial charge in [-0.15, -0.1) is 0 Å². The molecule has 2 aromatic carbocycles. The first-order chi connectivity index (χ1) is 9.14. The average Bonchev–Trinajstić information content (AvgIpc) is 2.34. The monoisotopic (exact) mass is 268 g/mol. The van der Waals surface area contributed by atoms with E-state index < -0.39 is 0 Å². The zero-order chi connectivity index (χ0) is 15.1. The number of aldehydes is 1. The number of carbonyl (C=O) groups is 1. The molecule has 2 rings (SSSR count). The molecule has 0 aromatic heterocycles. The van der Waals surface area contributed by atoms with Gasteiger partial charge in [-0.25, -0.2) is 0 Å². The molecule has 0 amide bonds. The number of benzene rings is 2. The molecule has 1 nitrogen and oxygen atoms in total. The van der Waals surface area contributed by atoms with Crippen molar-refractivity contribution in [1.29, 1.82) is 0 Å². The summed E-state index contributed by atoms with van der Waals surface area (Å²) < 4.78 is 0. The Hall–Kier alpha value is -1.63. The van der Waals surface area contributed by atoms with E-state index in [-0.39, 0.29) is 10.8 Å². The first-order valence-electron chi connectivity index (χ1n) is 7.17. The van der Waals surface area contributed by atoms with E-state index in [1.54, 1.807) is 0 Å². The summed E-state index contributed by atoms with van der Waals surface area (Å²) in [6.45, 7) is 13.1. The first kappa shape index (κ1) is 14.8. The molecule has 20 heavy (non-hydrogen) atoms. The Balaban J connectivity index is 2.87. The van der Waals surface area contributed by atoms with Crippen LogP contribution in [0.3, 0.4) is 0 Å². The van der Waals surface area contributed by atoms with Gasteiger partial charge in [-0.1, -0.05) is 71.9 Å². The highest BCUT2D eigenvalue weighted by Crippen LogP contribution is 2.35. The van der Waals surface area contributed by atoms with Crippen LogP contribution in [0.15, 0.2) is 30.3 Å². The molecule has 0 saturated carbocycles. The van der Waals surface area contributed by atoms with Crippen LogP contribution in [0.4, 0.5) is 0 Å². The third-order valence-corrected chi connectivity index (χ3v) is 3.80. The molecule has 0 spiro atoms. The number of hydrogen-bond donors (Lipinski definition) is 0. The molecule has 0 fully saturated rings. The van der Waals surface area contributed by atoms with Crippen LogP contribution in [0.25, 0.3) is 10.8 Å². The van der Waals surface area contributed by atoms with Gasteiger partial charge in [0.05, 0.1) is 0 Å². The van der Waals surface area contributed by atoms with Crippen molar-refractivity contribution >= 4 is 17.1 Å². The molecular weight excluding hydrogens is 244 g/mol. The van der Waals surface area contributed by atoms with Gasteiger partial charge >= 0.3 is 0 Å². The van der Waals surface area contributed by atoms with Crippen molar-refractivity contribution in [3.8, 4) is 0 Å². The fourth-order valence-electron chi connectivity index (χ4n) is 2.74. The Morgan fingerprint density at radius 3 is 1.95 bits per heavy atom. The van der Waals surface area contributed by atoms with Crippen LogP contribution in [0, 0.1) is 0 Å². The summed E-state index contributed by atoms with van der Waals surface area (Å²) in [5.74, 6) is 0. The zero-order valence-corrected chi connectivity index (χ0v) is 13.4. The molecular formula is C19H24O. The highest BCUT2D eigenvalue weighted by Gasteiger charge is 2.22. The van der Waals surface area contributed by atoms with Crippen LogP contribution in [0.5, 0.6) is 0 Å². The van der Waals surface area contributed by atoms with Gasteiger partial charge in [0, 0.05) is 5.56 Å². The lowest BCUT2D eigenvalue weighted by atomic mass is 9.78. The highest BCUT2D eigenvalue weighted by atomic mass is 16.1. The molecule has 0 aliphatic heterocycles. The molecule has 0 radical (unpaired) electrons. The van der Waals surface area contributed by atoms with E-state index in [4.69, 9.17) is 0 Å². The first-order valence-corrected chi connectivity index (χ1v) is 7.17. The molecule has 106 valence electrons. The van der Waals surface area contributed by atoms with Crippen LogP contribution in [0.1, 0.15) is 63.0 Å². The molecule has 0 heterocycles. The Bertz CT molecular complexity index is 652. The molecule has 0 unspecified atom stereocenters. The summed E-state index contributed by atoms with van der Waals surface area (Å²) in [6.07, 6.45) is 0.976. The van der Waals surface area contributed by atoms with E-state index in [9.17, 15) is 4.79 Å². The average molecular weight is 268 g/mol. The molecule has 0 bridgehead atoms. The predicted octanol–water partition coefficient (Wildman–Crippen LogP) is 5.25. The van der Waals surface area contributed by atoms with Gasteiger partial charge in [0.25, 0.3) is 0 Å². The van der Waals surface area contributed by atoms with E-state index in [0.29, 0.717) is 0 Å². The number of carbonyl (C=O) groups excluding carboxylic acids is 1. The van der Waals surface area contributed by atoms with Crippen LogP contribution >= 0.6 is 0 Å². The molecule has 0 aliphatic carbocycles. The lowest BCUT2D eigenvalue weighted by molar-refractivity contribution is 0.112. The van der Waals surface area contributed by atoms with Crippen LogP contribution in [0.2, 0.25) is 0 Å². The minimum absolute atomic E-state index is 0.0493. The van der Waals surface area contributed by atoms with Crippen molar-refractivity contribution in [2.45, 2.75) is 52.4 Å². The van der Waals surface area contributed by atoms with E-state index in [1.807, 2.05) is 12.1 Å². The van der Waals surface area contributed by atoms with Crippen molar-refractivity contribution in [3.63, 3.8) is 0 Å². The Kier molecular flexibility index (Phi) is 3.49. The molecule has 0 N–H and O–H groups in total. The number of fused-ring (bicyclic) bond motifs is 1. The summed E-state index contributed by atoms with van der Waals surface area (Å²) >= 11 is 0. The zero-order valence-electron chi connectivity index (χ0n) is 13.4. The lowest BCUT2D eigenvalue weighted by Crippen LogP contribution is -2.16. The Morgan fingerprint density at radius 2 is 1.45 bits per heavy atom. The van der Waals surface area contributed by atoms with Crippen molar-refractivity contribution in [2.75, 3.05) is 0 Å². The summed E-state index contributed by atoms with van der Waals surface area (Å²) in [6, 6.07) is 10.6. The summed E-state index contributed by atoms with van der Waals surface area (Å²) in [5.41, 5.74) is 3.32. The molecule has 0 atom stereocenters. The second kappa shape index (κ2) is 4.73. The van der Waals surface area contributed by atoms with E-state index in [2.05, 4.69) is 59.7 Å². The van der Waals surface area contributed by atoms with E-state index >= 15 is 0 Å². The van der Waals surface area contributed by atoms with Gasteiger partial charge in [-0.05, 0) is 32.7 Å². The topological polar surface area (TPSA) is 17.1 Å². The lowest BCUT2D eigenvalue weighted by Gasteiger charge is -2.25. The fraction of sp³-hybridized carbons (Fsp3) is 0.421. The third kappa shape index (κ3) is 2.63. The standard InChI is InChI=1S/C19H24O/c1-18(2,3)15-10-9-13-7-8-14(12-20)17(16(13)11-15)19(4,5)6/h7-12H,1-6H3. The normalized spacial score (nSPS) is 12.7. The van der Waals surface area contributed by atoms with E-state index in [1.165, 1.54) is 16.3 Å². The fourth-order valence-corrected chi connectivity index (χ4v) is 2.74. The molecule has 2 aromatic rings. The van der Waals surface area contributed by atoms with Gasteiger partial charge in [0.15, 0.2) is 0 Å². The SMILES string of the molecule is CC(C)(C)c1ccc2ccc(C=O)c(C(C)(C)C)c2c1. The quantitative estimate of drug-likeness (QED) is 0.646. The van der Waals surface area contributed by atoms with Gasteiger partial charge in [0.1, 0.15) is 6.29 Å². The number of rotatable bonds is 1. The van der Waals surface area contributed by atoms with Gasteiger partial charge in [0.2, 0.25) is 0 Å². The van der Waals surface area contributed by atoms with Gasteiger partial charge in [-0.3, -0.25) is 4.79 Å². The molecule has 0 saturated heterocycles. The molecule has 0 aliphatic rings. The maximum absolute atomic E-state index is 11.4. The second-order valence-corrected chi connectivity index (χ2v) is 7.58. The summed E-state index contributed by atoms with van der Waals surface area (Å²) in [4.78, 5) is 11.4. The Morgan fingerprint density at radius 1 is 0.850 bits per heavy atom.